The summed E-state index contributed by atoms with van der Waals surface area (Å²) in [5, 5.41) is 13.0. The molecule has 2 rings (SSSR count). The molecule has 110 valence electrons. The number of aliphatic hydroxyl groups excluding tert-OH is 1. The van der Waals surface area contributed by atoms with Gasteiger partial charge in [-0.2, -0.15) is 0 Å². The number of nitrogens with one attached hydrogen (secondary N) is 1. The van der Waals surface area contributed by atoms with Gasteiger partial charge in [-0.3, -0.25) is 4.79 Å². The Bertz CT molecular complexity index is 487. The van der Waals surface area contributed by atoms with Crippen molar-refractivity contribution < 1.29 is 14.3 Å². The highest BCUT2D eigenvalue weighted by Gasteiger charge is 2.35. The number of carbonyl (C=O) groups excluding carboxylic acids is 1. The fraction of sp³-hybridized carbons (Fsp3) is 0.562. The average Bonchev–Trinajstić information content (AvgIpc) is 2.68. The average molecular weight is 279 g/mol. The van der Waals surface area contributed by atoms with Crippen molar-refractivity contribution in [3.63, 3.8) is 0 Å². The monoisotopic (exact) mass is 279 g/mol. The van der Waals surface area contributed by atoms with E-state index < -0.39 is 11.9 Å². The maximum absolute atomic E-state index is 13.1. The molecule has 20 heavy (non-hydrogen) atoms. The van der Waals surface area contributed by atoms with Crippen LogP contribution in [0.1, 0.15) is 51.2 Å². The number of aliphatic hydroxyl groups is 1. The largest absolute Gasteiger partial charge is 0.388 e. The third-order valence-electron chi connectivity index (χ3n) is 4.20. The minimum atomic E-state index is -0.963. The highest BCUT2D eigenvalue weighted by atomic mass is 19.1. The second-order valence-corrected chi connectivity index (χ2v) is 6.28. The van der Waals surface area contributed by atoms with Crippen LogP contribution >= 0.6 is 0 Å². The minimum Gasteiger partial charge on any atom is -0.388 e. The van der Waals surface area contributed by atoms with Crippen molar-refractivity contribution in [1.29, 1.82) is 0 Å². The topological polar surface area (TPSA) is 49.3 Å². The van der Waals surface area contributed by atoms with Crippen LogP contribution in [-0.4, -0.2) is 17.1 Å². The van der Waals surface area contributed by atoms with Gasteiger partial charge in [0.2, 0.25) is 5.91 Å². The summed E-state index contributed by atoms with van der Waals surface area (Å²) in [6.07, 6.45) is 2.20. The fourth-order valence-electron chi connectivity index (χ4n) is 2.85. The van der Waals surface area contributed by atoms with E-state index in [0.29, 0.717) is 5.56 Å². The summed E-state index contributed by atoms with van der Waals surface area (Å²) in [5.41, 5.74) is 0.547. The van der Waals surface area contributed by atoms with Crippen LogP contribution in [0.4, 0.5) is 4.39 Å². The summed E-state index contributed by atoms with van der Waals surface area (Å²) in [7, 11) is 0. The molecule has 0 aromatic heterocycles. The first-order valence-electron chi connectivity index (χ1n) is 7.11. The molecule has 1 aliphatic carbocycles. The van der Waals surface area contributed by atoms with Crippen LogP contribution in [0.3, 0.4) is 0 Å². The molecule has 0 saturated heterocycles. The molecular weight excluding hydrogens is 257 g/mol. The molecule has 1 saturated carbocycles. The highest BCUT2D eigenvalue weighted by molar-refractivity contribution is 5.77. The van der Waals surface area contributed by atoms with Gasteiger partial charge < -0.3 is 10.4 Å². The number of carbonyl (C=O) groups is 1. The Balaban J connectivity index is 1.91. The van der Waals surface area contributed by atoms with Gasteiger partial charge in [0.15, 0.2) is 0 Å². The molecule has 4 heteroatoms. The Hall–Kier alpha value is -1.42. The van der Waals surface area contributed by atoms with Gasteiger partial charge in [-0.1, -0.05) is 32.4 Å². The van der Waals surface area contributed by atoms with E-state index in [0.717, 1.165) is 19.3 Å². The summed E-state index contributed by atoms with van der Waals surface area (Å²) >= 11 is 0. The Morgan fingerprint density at radius 2 is 2.30 bits per heavy atom. The second-order valence-electron chi connectivity index (χ2n) is 6.28. The molecule has 2 unspecified atom stereocenters. The predicted molar refractivity (Wildman–Crippen MR) is 75.5 cm³/mol. The van der Waals surface area contributed by atoms with Gasteiger partial charge in [-0.15, -0.1) is 0 Å². The lowest BCUT2D eigenvalue weighted by molar-refractivity contribution is -0.124. The molecule has 3 nitrogen and oxygen atoms in total. The summed E-state index contributed by atoms with van der Waals surface area (Å²) in [5.74, 6) is -0.583. The van der Waals surface area contributed by atoms with Crippen LogP contribution in [0.15, 0.2) is 24.3 Å². The molecule has 1 aliphatic rings. The number of amides is 1. The van der Waals surface area contributed by atoms with Crippen molar-refractivity contribution in [2.24, 2.45) is 5.41 Å². The summed E-state index contributed by atoms with van der Waals surface area (Å²) in [6, 6.07) is 5.90. The van der Waals surface area contributed by atoms with Gasteiger partial charge >= 0.3 is 0 Å². The molecule has 0 aliphatic heterocycles. The normalized spacial score (nSPS) is 22.5. The van der Waals surface area contributed by atoms with Crippen LogP contribution in [0.5, 0.6) is 0 Å². The summed E-state index contributed by atoms with van der Waals surface area (Å²) < 4.78 is 13.1. The minimum absolute atomic E-state index is 0.0317. The van der Waals surface area contributed by atoms with Gasteiger partial charge in [0.25, 0.3) is 0 Å². The van der Waals surface area contributed by atoms with Gasteiger partial charge in [0.05, 0.1) is 12.5 Å². The van der Waals surface area contributed by atoms with Crippen LogP contribution < -0.4 is 5.32 Å². The van der Waals surface area contributed by atoms with Crippen molar-refractivity contribution in [3.8, 4) is 0 Å². The Morgan fingerprint density at radius 1 is 1.55 bits per heavy atom. The third-order valence-corrected chi connectivity index (χ3v) is 4.20. The lowest BCUT2D eigenvalue weighted by Gasteiger charge is -2.28. The molecule has 1 amide bonds. The first-order chi connectivity index (χ1) is 9.38. The lowest BCUT2D eigenvalue weighted by atomic mass is 9.87. The first kappa shape index (κ1) is 15.0. The zero-order valence-electron chi connectivity index (χ0n) is 12.0. The van der Waals surface area contributed by atoms with E-state index in [1.165, 1.54) is 18.2 Å². The Labute approximate surface area is 119 Å². The molecule has 0 heterocycles. The molecule has 1 aromatic rings. The van der Waals surface area contributed by atoms with Crippen LogP contribution in [0.25, 0.3) is 0 Å². The highest BCUT2D eigenvalue weighted by Crippen LogP contribution is 2.37. The molecule has 1 aromatic carbocycles. The molecular formula is C16H22FNO2. The van der Waals surface area contributed by atoms with E-state index in [-0.39, 0.29) is 23.8 Å². The molecule has 2 atom stereocenters. The van der Waals surface area contributed by atoms with Crippen LogP contribution in [0.2, 0.25) is 0 Å². The third kappa shape index (κ3) is 3.57. The first-order valence-corrected chi connectivity index (χ1v) is 7.11. The van der Waals surface area contributed by atoms with E-state index in [9.17, 15) is 14.3 Å². The standard InChI is InChI=1S/C16H22FNO2/c1-16(2)8-4-7-14(16)18-15(20)10-13(19)11-5-3-6-12(17)9-11/h3,5-6,9,13-14,19H,4,7-8,10H2,1-2H3,(H,18,20). The van der Waals surface area contributed by atoms with E-state index in [2.05, 4.69) is 19.2 Å². The molecule has 0 radical (unpaired) electrons. The number of hydrogen-bond acceptors (Lipinski definition) is 2. The zero-order chi connectivity index (χ0) is 14.8. The molecule has 0 bridgehead atoms. The zero-order valence-corrected chi connectivity index (χ0v) is 12.0. The van der Waals surface area contributed by atoms with Crippen molar-refractivity contribution in [1.82, 2.24) is 5.32 Å². The molecule has 2 N–H and O–H groups in total. The van der Waals surface area contributed by atoms with Crippen molar-refractivity contribution in [3.05, 3.63) is 35.6 Å². The van der Waals surface area contributed by atoms with Gasteiger partial charge in [0.1, 0.15) is 5.82 Å². The maximum atomic E-state index is 13.1. The van der Waals surface area contributed by atoms with Crippen molar-refractivity contribution in [2.45, 2.75) is 51.7 Å². The van der Waals surface area contributed by atoms with Crippen molar-refractivity contribution >= 4 is 5.91 Å². The van der Waals surface area contributed by atoms with E-state index >= 15 is 0 Å². The Kier molecular flexibility index (Phi) is 4.43. The van der Waals surface area contributed by atoms with E-state index in [4.69, 9.17) is 0 Å². The lowest BCUT2D eigenvalue weighted by Crippen LogP contribution is -2.41. The smallest absolute Gasteiger partial charge is 0.223 e. The van der Waals surface area contributed by atoms with Crippen molar-refractivity contribution in [2.75, 3.05) is 0 Å². The summed E-state index contributed by atoms with van der Waals surface area (Å²) in [4.78, 5) is 12.0. The Morgan fingerprint density at radius 3 is 2.90 bits per heavy atom. The van der Waals surface area contributed by atoms with Gasteiger partial charge in [-0.05, 0) is 36.0 Å². The number of hydrogen-bond donors (Lipinski definition) is 2. The number of benzene rings is 1. The quantitative estimate of drug-likeness (QED) is 0.890. The predicted octanol–water partition coefficient (Wildman–Crippen LogP) is 2.94. The van der Waals surface area contributed by atoms with E-state index in [1.54, 1.807) is 6.07 Å². The SMILES string of the molecule is CC1(C)CCCC1NC(=O)CC(O)c1cccc(F)c1. The van der Waals surface area contributed by atoms with Crippen LogP contribution in [0, 0.1) is 11.2 Å². The second kappa shape index (κ2) is 5.92. The van der Waals surface area contributed by atoms with Gasteiger partial charge in [0, 0.05) is 6.04 Å². The number of halogens is 1. The van der Waals surface area contributed by atoms with Crippen LogP contribution in [-0.2, 0) is 4.79 Å². The van der Waals surface area contributed by atoms with Gasteiger partial charge in [-0.25, -0.2) is 4.39 Å². The summed E-state index contributed by atoms with van der Waals surface area (Å²) in [6.45, 7) is 4.29. The van der Waals surface area contributed by atoms with E-state index in [1.807, 2.05) is 0 Å². The maximum Gasteiger partial charge on any atom is 0.223 e. The molecule has 1 fully saturated rings. The number of rotatable bonds is 4. The fourth-order valence-corrected chi connectivity index (χ4v) is 2.85. The molecule has 0 spiro atoms.